The van der Waals surface area contributed by atoms with E-state index in [1.165, 1.54) is 4.90 Å². The Morgan fingerprint density at radius 3 is 2.41 bits per heavy atom. The average molecular weight is 453 g/mol. The Bertz CT molecular complexity index is 1430. The molecule has 34 heavy (non-hydrogen) atoms. The van der Waals surface area contributed by atoms with Gasteiger partial charge in [0.1, 0.15) is 29.1 Å². The van der Waals surface area contributed by atoms with E-state index in [-0.39, 0.29) is 17.9 Å². The minimum Gasteiger partial charge on any atom is -0.507 e. The highest BCUT2D eigenvalue weighted by atomic mass is 16.5. The first kappa shape index (κ1) is 21.5. The van der Waals surface area contributed by atoms with E-state index >= 15 is 0 Å². The third kappa shape index (κ3) is 3.63. The largest absolute Gasteiger partial charge is 0.507 e. The molecule has 1 aromatic heterocycles. The molecule has 3 aromatic carbocycles. The second-order valence-electron chi connectivity index (χ2n) is 8.25. The van der Waals surface area contributed by atoms with E-state index < -0.39 is 17.7 Å². The molecule has 2 heterocycles. The number of nitrogens with zero attached hydrogens (tertiary/aromatic N) is 1. The number of amides is 1. The van der Waals surface area contributed by atoms with Crippen LogP contribution in [0.4, 0.5) is 0 Å². The molecule has 1 saturated heterocycles. The van der Waals surface area contributed by atoms with Crippen LogP contribution in [0.15, 0.2) is 88.9 Å². The Hall–Kier alpha value is -4.32. The number of likely N-dealkylation sites (tertiary alicyclic amines) is 1. The van der Waals surface area contributed by atoms with Gasteiger partial charge in [0, 0.05) is 12.1 Å². The van der Waals surface area contributed by atoms with Crippen LogP contribution in [0.5, 0.6) is 5.75 Å². The third-order valence-electron chi connectivity index (χ3n) is 6.13. The molecule has 170 valence electrons. The highest BCUT2D eigenvalue weighted by Crippen LogP contribution is 2.41. The maximum Gasteiger partial charge on any atom is 0.296 e. The molecule has 1 amide bonds. The molecule has 0 spiro atoms. The molecule has 1 fully saturated rings. The summed E-state index contributed by atoms with van der Waals surface area (Å²) >= 11 is 0. The van der Waals surface area contributed by atoms with Crippen LogP contribution in [-0.2, 0) is 16.1 Å². The van der Waals surface area contributed by atoms with Gasteiger partial charge in [-0.2, -0.15) is 0 Å². The number of carbonyl (C=O) groups excluding carboxylic acids is 2. The maximum atomic E-state index is 13.3. The molecule has 0 aliphatic carbocycles. The van der Waals surface area contributed by atoms with Gasteiger partial charge in [0.2, 0.25) is 0 Å². The number of hydrogen-bond acceptors (Lipinski definition) is 5. The highest BCUT2D eigenvalue weighted by Gasteiger charge is 2.47. The van der Waals surface area contributed by atoms with Gasteiger partial charge in [-0.25, -0.2) is 0 Å². The summed E-state index contributed by atoms with van der Waals surface area (Å²) in [6, 6.07) is 23.0. The topological polar surface area (TPSA) is 80.0 Å². The summed E-state index contributed by atoms with van der Waals surface area (Å²) in [6.45, 7) is 1.97. The van der Waals surface area contributed by atoms with Crippen LogP contribution in [0.3, 0.4) is 0 Å². The number of aliphatic hydroxyl groups excluding tert-OH is 1. The summed E-state index contributed by atoms with van der Waals surface area (Å²) in [4.78, 5) is 27.9. The van der Waals surface area contributed by atoms with Crippen molar-refractivity contribution < 1.29 is 23.8 Å². The standard InChI is InChI=1S/C28H23NO5/c1-17-10-15-23(34-17)25-24(26(30)22-9-5-7-19-6-3-4-8-21(19)22)27(31)28(32)29(25)16-18-11-13-20(33-2)14-12-18/h3-15,25,30H,16H2,1-2H3/b26-24-. The first-order valence-corrected chi connectivity index (χ1v) is 10.9. The second kappa shape index (κ2) is 8.56. The molecule has 4 aromatic rings. The van der Waals surface area contributed by atoms with Gasteiger partial charge < -0.3 is 19.2 Å². The van der Waals surface area contributed by atoms with Crippen molar-refractivity contribution in [3.8, 4) is 5.75 Å². The summed E-state index contributed by atoms with van der Waals surface area (Å²) in [5, 5.41) is 13.1. The number of benzene rings is 3. The van der Waals surface area contributed by atoms with Gasteiger partial charge in [-0.1, -0.05) is 54.6 Å². The average Bonchev–Trinajstić information content (AvgIpc) is 3.40. The molecule has 1 unspecified atom stereocenters. The fraction of sp³-hybridized carbons (Fsp3) is 0.143. The third-order valence-corrected chi connectivity index (χ3v) is 6.13. The van der Waals surface area contributed by atoms with Crippen molar-refractivity contribution in [2.24, 2.45) is 0 Å². The molecule has 6 heteroatoms. The number of rotatable bonds is 5. The molecular formula is C28H23NO5. The molecular weight excluding hydrogens is 430 g/mol. The zero-order chi connectivity index (χ0) is 23.8. The summed E-state index contributed by atoms with van der Waals surface area (Å²) in [7, 11) is 1.58. The van der Waals surface area contributed by atoms with Crippen LogP contribution in [0.25, 0.3) is 16.5 Å². The summed E-state index contributed by atoms with van der Waals surface area (Å²) in [5.41, 5.74) is 1.33. The van der Waals surface area contributed by atoms with Gasteiger partial charge in [-0.3, -0.25) is 9.59 Å². The molecule has 1 aliphatic rings. The van der Waals surface area contributed by atoms with Crippen LogP contribution in [-0.4, -0.2) is 28.8 Å². The monoisotopic (exact) mass is 453 g/mol. The first-order chi connectivity index (χ1) is 16.5. The van der Waals surface area contributed by atoms with E-state index in [2.05, 4.69) is 0 Å². The predicted octanol–water partition coefficient (Wildman–Crippen LogP) is 5.37. The lowest BCUT2D eigenvalue weighted by Crippen LogP contribution is -2.29. The lowest BCUT2D eigenvalue weighted by Gasteiger charge is -2.23. The second-order valence-corrected chi connectivity index (χ2v) is 8.25. The van der Waals surface area contributed by atoms with Crippen molar-refractivity contribution in [1.82, 2.24) is 4.90 Å². The van der Waals surface area contributed by atoms with Gasteiger partial charge in [-0.05, 0) is 47.5 Å². The smallest absolute Gasteiger partial charge is 0.296 e. The fourth-order valence-corrected chi connectivity index (χ4v) is 4.44. The normalized spacial score (nSPS) is 17.5. The van der Waals surface area contributed by atoms with E-state index in [0.717, 1.165) is 16.3 Å². The van der Waals surface area contributed by atoms with E-state index in [0.29, 0.717) is 22.8 Å². The summed E-state index contributed by atoms with van der Waals surface area (Å²) < 4.78 is 11.1. The van der Waals surface area contributed by atoms with E-state index in [4.69, 9.17) is 9.15 Å². The number of fused-ring (bicyclic) bond motifs is 1. The number of aliphatic hydroxyl groups is 1. The van der Waals surface area contributed by atoms with Crippen LogP contribution < -0.4 is 4.74 Å². The molecule has 0 saturated carbocycles. The number of ether oxygens (including phenoxy) is 1. The molecule has 1 aliphatic heterocycles. The molecule has 1 atom stereocenters. The van der Waals surface area contributed by atoms with Crippen LogP contribution in [0.1, 0.15) is 28.7 Å². The quantitative estimate of drug-likeness (QED) is 0.250. The molecule has 0 bridgehead atoms. The van der Waals surface area contributed by atoms with Crippen molar-refractivity contribution in [2.45, 2.75) is 19.5 Å². The maximum absolute atomic E-state index is 13.3. The summed E-state index contributed by atoms with van der Waals surface area (Å²) in [6.07, 6.45) is 0. The molecule has 6 nitrogen and oxygen atoms in total. The van der Waals surface area contributed by atoms with Gasteiger partial charge in [0.25, 0.3) is 11.7 Å². The SMILES string of the molecule is COc1ccc(CN2C(=O)C(=O)/C(=C(\O)c3cccc4ccccc34)C2c2ccc(C)o2)cc1. The van der Waals surface area contributed by atoms with Crippen molar-refractivity contribution >= 4 is 28.2 Å². The first-order valence-electron chi connectivity index (χ1n) is 10.9. The zero-order valence-corrected chi connectivity index (χ0v) is 18.8. The number of hydrogen-bond donors (Lipinski definition) is 1. The predicted molar refractivity (Wildman–Crippen MR) is 128 cm³/mol. The number of Topliss-reactive ketones (excluding diaryl/α,β-unsaturated/α-hetero) is 1. The van der Waals surface area contributed by atoms with Crippen molar-refractivity contribution in [1.29, 1.82) is 0 Å². The molecule has 5 rings (SSSR count). The number of ketones is 1. The van der Waals surface area contributed by atoms with Crippen LogP contribution in [0, 0.1) is 6.92 Å². The van der Waals surface area contributed by atoms with Gasteiger partial charge in [0.05, 0.1) is 12.7 Å². The number of furan rings is 1. The van der Waals surface area contributed by atoms with Crippen molar-refractivity contribution in [3.05, 3.63) is 107 Å². The fourth-order valence-electron chi connectivity index (χ4n) is 4.44. The number of aryl methyl sites for hydroxylation is 1. The van der Waals surface area contributed by atoms with E-state index in [9.17, 15) is 14.7 Å². The lowest BCUT2D eigenvalue weighted by molar-refractivity contribution is -0.140. The van der Waals surface area contributed by atoms with Crippen molar-refractivity contribution in [2.75, 3.05) is 7.11 Å². The Morgan fingerprint density at radius 1 is 0.971 bits per heavy atom. The zero-order valence-electron chi connectivity index (χ0n) is 18.8. The summed E-state index contributed by atoms with van der Waals surface area (Å²) in [5.74, 6) is 0.128. The molecule has 0 radical (unpaired) electrons. The number of carbonyl (C=O) groups is 2. The van der Waals surface area contributed by atoms with E-state index in [1.807, 2.05) is 48.5 Å². The lowest BCUT2D eigenvalue weighted by atomic mass is 9.96. The van der Waals surface area contributed by atoms with E-state index in [1.54, 1.807) is 44.4 Å². The number of methoxy groups -OCH3 is 1. The van der Waals surface area contributed by atoms with Crippen molar-refractivity contribution in [3.63, 3.8) is 0 Å². The van der Waals surface area contributed by atoms with Crippen LogP contribution in [0.2, 0.25) is 0 Å². The Labute approximate surface area is 196 Å². The minimum absolute atomic E-state index is 0.0178. The van der Waals surface area contributed by atoms with Gasteiger partial charge in [0.15, 0.2) is 0 Å². The van der Waals surface area contributed by atoms with Gasteiger partial charge >= 0.3 is 0 Å². The van der Waals surface area contributed by atoms with Crippen LogP contribution >= 0.6 is 0 Å². The Morgan fingerprint density at radius 2 is 1.71 bits per heavy atom. The minimum atomic E-state index is -0.852. The van der Waals surface area contributed by atoms with Gasteiger partial charge in [-0.15, -0.1) is 0 Å². The highest BCUT2D eigenvalue weighted by molar-refractivity contribution is 6.46. The Balaban J connectivity index is 1.66. The Kier molecular flexibility index (Phi) is 5.42. The molecule has 1 N–H and O–H groups in total.